The van der Waals surface area contributed by atoms with Crippen molar-refractivity contribution in [3.63, 3.8) is 0 Å². The number of nitrogens with zero attached hydrogens (tertiary/aromatic N) is 1. The third-order valence-electron chi connectivity index (χ3n) is 6.44. The lowest BCUT2D eigenvalue weighted by molar-refractivity contribution is -0.129. The van der Waals surface area contributed by atoms with E-state index in [1.807, 2.05) is 0 Å². The molecule has 1 aliphatic rings. The van der Waals surface area contributed by atoms with Gasteiger partial charge >= 0.3 is 0 Å². The van der Waals surface area contributed by atoms with Crippen molar-refractivity contribution in [1.82, 2.24) is 10.4 Å². The zero-order chi connectivity index (χ0) is 21.7. The Morgan fingerprint density at radius 3 is 2.58 bits per heavy atom. The molecule has 168 valence electrons. The summed E-state index contributed by atoms with van der Waals surface area (Å²) < 4.78 is 0. The van der Waals surface area contributed by atoms with Crippen molar-refractivity contribution in [2.45, 2.75) is 70.6 Å². The van der Waals surface area contributed by atoms with Gasteiger partial charge in [0.05, 0.1) is 0 Å². The first-order valence-corrected chi connectivity index (χ1v) is 12.1. The molecule has 0 saturated carbocycles. The Morgan fingerprint density at radius 2 is 1.74 bits per heavy atom. The molecule has 3 rings (SSSR count). The molecule has 0 aliphatic heterocycles. The van der Waals surface area contributed by atoms with Crippen LogP contribution >= 0.6 is 0 Å². The molecule has 0 unspecified atom stereocenters. The number of rotatable bonds is 13. The summed E-state index contributed by atoms with van der Waals surface area (Å²) in [6.07, 6.45) is 14.6. The van der Waals surface area contributed by atoms with Crippen LogP contribution in [0.1, 0.15) is 69.8 Å². The Labute approximate surface area is 187 Å². The van der Waals surface area contributed by atoms with Crippen molar-refractivity contribution in [1.29, 1.82) is 0 Å². The molecule has 2 aromatic rings. The average Bonchev–Trinajstić information content (AvgIpc) is 2.82. The molecule has 0 aromatic heterocycles. The molecular formula is C27H38N2O2. The second-order valence-corrected chi connectivity index (χ2v) is 8.79. The van der Waals surface area contributed by atoms with Gasteiger partial charge in [-0.05, 0) is 87.2 Å². The van der Waals surface area contributed by atoms with Gasteiger partial charge in [0.1, 0.15) is 0 Å². The van der Waals surface area contributed by atoms with E-state index in [1.54, 1.807) is 11.1 Å². The van der Waals surface area contributed by atoms with Crippen molar-refractivity contribution in [2.24, 2.45) is 0 Å². The molecule has 0 bridgehead atoms. The van der Waals surface area contributed by atoms with E-state index in [-0.39, 0.29) is 5.91 Å². The predicted octanol–water partition coefficient (Wildman–Crippen LogP) is 6.03. The normalized spacial score (nSPS) is 14.1. The second-order valence-electron chi connectivity index (χ2n) is 8.79. The van der Waals surface area contributed by atoms with Gasteiger partial charge in [0, 0.05) is 13.0 Å². The first kappa shape index (κ1) is 23.5. The number of unbranched alkanes of at least 4 members (excludes halogenated alkanes) is 2. The third-order valence-corrected chi connectivity index (χ3v) is 6.44. The van der Waals surface area contributed by atoms with E-state index >= 15 is 0 Å². The monoisotopic (exact) mass is 422 g/mol. The predicted molar refractivity (Wildman–Crippen MR) is 128 cm³/mol. The van der Waals surface area contributed by atoms with Crippen molar-refractivity contribution in [3.8, 4) is 0 Å². The number of fused-ring (bicyclic) bond motifs is 1. The summed E-state index contributed by atoms with van der Waals surface area (Å²) in [5.74, 6) is -0.284. The van der Waals surface area contributed by atoms with Crippen LogP contribution in [-0.4, -0.2) is 35.6 Å². The highest BCUT2D eigenvalue weighted by atomic mass is 16.5. The lowest BCUT2D eigenvalue weighted by Gasteiger charge is -2.23. The van der Waals surface area contributed by atoms with Gasteiger partial charge in [-0.3, -0.25) is 10.0 Å². The maximum atomic E-state index is 11.2. The van der Waals surface area contributed by atoms with E-state index in [0.29, 0.717) is 6.42 Å². The van der Waals surface area contributed by atoms with Gasteiger partial charge in [0.15, 0.2) is 0 Å². The van der Waals surface area contributed by atoms with Crippen LogP contribution in [0, 0.1) is 0 Å². The summed E-state index contributed by atoms with van der Waals surface area (Å²) in [4.78, 5) is 13.8. The minimum atomic E-state index is -0.284. The largest absolute Gasteiger partial charge is 0.303 e. The van der Waals surface area contributed by atoms with Gasteiger partial charge < -0.3 is 4.90 Å². The van der Waals surface area contributed by atoms with Crippen molar-refractivity contribution < 1.29 is 10.0 Å². The van der Waals surface area contributed by atoms with E-state index < -0.39 is 0 Å². The Kier molecular flexibility index (Phi) is 10.1. The fraction of sp³-hybridized carbons (Fsp3) is 0.519. The molecule has 0 heterocycles. The number of carbonyl (C=O) groups is 1. The lowest BCUT2D eigenvalue weighted by atomic mass is 9.96. The van der Waals surface area contributed by atoms with Crippen LogP contribution in [0.3, 0.4) is 0 Å². The molecule has 4 nitrogen and oxygen atoms in total. The number of allylic oxidation sites excluding steroid dienone is 2. The maximum Gasteiger partial charge on any atom is 0.243 e. The molecule has 1 aliphatic carbocycles. The standard InChI is InChI=1S/C27H38N2O2/c30-27(28-31)18-5-2-8-20-29(21-10-13-23-11-3-1-4-12-23)22-19-25-16-9-15-24-14-6-7-17-26(24)25/h6-7,9,11,14-17,31H,1-5,8,10,12-13,18-22H2,(H,28,30). The van der Waals surface area contributed by atoms with Crippen LogP contribution in [0.15, 0.2) is 54.1 Å². The number of hydroxylamine groups is 1. The second kappa shape index (κ2) is 13.3. The van der Waals surface area contributed by atoms with Crippen LogP contribution in [0.4, 0.5) is 0 Å². The molecule has 2 N–H and O–H groups in total. The Morgan fingerprint density at radius 1 is 0.903 bits per heavy atom. The number of amides is 1. The van der Waals surface area contributed by atoms with E-state index in [0.717, 1.165) is 45.3 Å². The quantitative estimate of drug-likeness (QED) is 0.179. The van der Waals surface area contributed by atoms with Gasteiger partial charge in [0.2, 0.25) is 5.91 Å². The summed E-state index contributed by atoms with van der Waals surface area (Å²) in [5, 5.41) is 11.3. The summed E-state index contributed by atoms with van der Waals surface area (Å²) in [6.45, 7) is 3.29. The molecule has 31 heavy (non-hydrogen) atoms. The van der Waals surface area contributed by atoms with Gasteiger partial charge in [-0.25, -0.2) is 5.48 Å². The van der Waals surface area contributed by atoms with Crippen LogP contribution in [0.25, 0.3) is 10.8 Å². The molecule has 2 aromatic carbocycles. The fourth-order valence-corrected chi connectivity index (χ4v) is 4.64. The van der Waals surface area contributed by atoms with Gasteiger partial charge in [0.25, 0.3) is 0 Å². The number of carbonyl (C=O) groups excluding carboxylic acids is 1. The molecule has 0 saturated heterocycles. The van der Waals surface area contributed by atoms with Crippen LogP contribution in [0.5, 0.6) is 0 Å². The average molecular weight is 423 g/mol. The lowest BCUT2D eigenvalue weighted by Crippen LogP contribution is -2.28. The highest BCUT2D eigenvalue weighted by Gasteiger charge is 2.09. The SMILES string of the molecule is O=C(CCCCCN(CCCC1=CCCCC1)CCc1cccc2ccccc12)NO. The van der Waals surface area contributed by atoms with Crippen molar-refractivity contribution in [3.05, 3.63) is 59.7 Å². The smallest absolute Gasteiger partial charge is 0.243 e. The number of nitrogens with one attached hydrogen (secondary N) is 1. The highest BCUT2D eigenvalue weighted by Crippen LogP contribution is 2.22. The Hall–Kier alpha value is -2.17. The molecule has 0 atom stereocenters. The number of hydrogen-bond donors (Lipinski definition) is 2. The minimum Gasteiger partial charge on any atom is -0.303 e. The molecular weight excluding hydrogens is 384 g/mol. The van der Waals surface area contributed by atoms with Crippen LogP contribution < -0.4 is 5.48 Å². The van der Waals surface area contributed by atoms with E-state index in [2.05, 4.69) is 53.4 Å². The Balaban J connectivity index is 1.51. The summed E-state index contributed by atoms with van der Waals surface area (Å²) in [5.41, 5.74) is 4.81. The fourth-order valence-electron chi connectivity index (χ4n) is 4.64. The molecule has 4 heteroatoms. The summed E-state index contributed by atoms with van der Waals surface area (Å²) in [6, 6.07) is 15.3. The van der Waals surface area contributed by atoms with Gasteiger partial charge in [-0.15, -0.1) is 0 Å². The van der Waals surface area contributed by atoms with E-state index in [9.17, 15) is 4.79 Å². The summed E-state index contributed by atoms with van der Waals surface area (Å²) in [7, 11) is 0. The first-order valence-electron chi connectivity index (χ1n) is 12.1. The first-order chi connectivity index (χ1) is 15.3. The van der Waals surface area contributed by atoms with E-state index in [4.69, 9.17) is 5.21 Å². The zero-order valence-electron chi connectivity index (χ0n) is 18.8. The molecule has 1 amide bonds. The van der Waals surface area contributed by atoms with E-state index in [1.165, 1.54) is 54.9 Å². The van der Waals surface area contributed by atoms with Crippen LogP contribution in [-0.2, 0) is 11.2 Å². The molecule has 0 fully saturated rings. The van der Waals surface area contributed by atoms with Gasteiger partial charge in [-0.1, -0.05) is 60.5 Å². The van der Waals surface area contributed by atoms with Crippen molar-refractivity contribution >= 4 is 16.7 Å². The number of hydrogen-bond acceptors (Lipinski definition) is 3. The third kappa shape index (κ3) is 8.12. The minimum absolute atomic E-state index is 0.284. The summed E-state index contributed by atoms with van der Waals surface area (Å²) >= 11 is 0. The van der Waals surface area contributed by atoms with Crippen LogP contribution in [0.2, 0.25) is 0 Å². The maximum absolute atomic E-state index is 11.2. The number of benzene rings is 2. The molecule has 0 spiro atoms. The van der Waals surface area contributed by atoms with Gasteiger partial charge in [-0.2, -0.15) is 0 Å². The highest BCUT2D eigenvalue weighted by molar-refractivity contribution is 5.85. The zero-order valence-corrected chi connectivity index (χ0v) is 18.8. The van der Waals surface area contributed by atoms with Crippen molar-refractivity contribution in [2.75, 3.05) is 19.6 Å². The molecule has 0 radical (unpaired) electrons. The topological polar surface area (TPSA) is 52.6 Å². The Bertz CT molecular complexity index is 841.